The maximum Gasteiger partial charge on any atom is 1.00 e. The average molecular weight is 1500 g/mol. The summed E-state index contributed by atoms with van der Waals surface area (Å²) in [6.45, 7) is 8.81. The average Bonchev–Trinajstić information content (AvgIpc) is 1.39. The van der Waals surface area contributed by atoms with Crippen molar-refractivity contribution in [3.8, 4) is 33.4 Å². The number of aliphatic carboxylic acids is 1. The summed E-state index contributed by atoms with van der Waals surface area (Å²) < 4.78 is 9.32. The van der Waals surface area contributed by atoms with Crippen molar-refractivity contribution in [2.24, 2.45) is 0 Å². The Bertz CT molecular complexity index is 4520. The maximum atomic E-state index is 12.1. The number of benzene rings is 12. The molecule has 0 bridgehead atoms. The number of aliphatic hydroxyl groups is 1. The Labute approximate surface area is 584 Å². The first kappa shape index (κ1) is 67.9. The van der Waals surface area contributed by atoms with Gasteiger partial charge in [0, 0.05) is 64.9 Å². The van der Waals surface area contributed by atoms with Crippen LogP contribution in [0, 0.1) is 10.5 Å². The van der Waals surface area contributed by atoms with Crippen LogP contribution in [0.1, 0.15) is 94.4 Å². The number of fused-ring (bicyclic) bond motifs is 15. The molecule has 1 saturated heterocycles. The van der Waals surface area contributed by atoms with Gasteiger partial charge in [0.2, 0.25) is 0 Å². The number of unbranched alkanes of at least 4 members (excludes halogenated alkanes) is 1. The van der Waals surface area contributed by atoms with Crippen LogP contribution in [0.4, 0.5) is 0 Å². The van der Waals surface area contributed by atoms with E-state index >= 15 is 0 Å². The third kappa shape index (κ3) is 13.3. The SMILES string of the molecule is Brc1ccc2c(c1)C1(c3ccccc3-2)c2cccc3cccc1c23.C1CCOC1.CC(=O)O.Cl.Ic1cccc2ccccc12.O=C1c2ccccc2-c2ccc(Br)cc21.OC1(c2cccc3ccccc23)c2ccccc2-c2ccc(Br)cc21.[CH2-]CCC.[Li+]. The van der Waals surface area contributed by atoms with Gasteiger partial charge in [-0.3, -0.25) is 9.59 Å². The van der Waals surface area contributed by atoms with Gasteiger partial charge in [0.05, 0.1) is 5.41 Å². The van der Waals surface area contributed by atoms with Gasteiger partial charge in [-0.1, -0.05) is 267 Å². The molecule has 1 heterocycles. The minimum Gasteiger partial charge on any atom is -0.481 e. The van der Waals surface area contributed by atoms with E-state index in [9.17, 15) is 9.90 Å². The molecule has 90 heavy (non-hydrogen) atoms. The van der Waals surface area contributed by atoms with E-state index in [1.807, 2.05) is 97.1 Å². The predicted octanol–water partition coefficient (Wildman–Crippen LogP) is 19.2. The van der Waals surface area contributed by atoms with Crippen LogP contribution in [0.25, 0.3) is 65.7 Å². The van der Waals surface area contributed by atoms with Gasteiger partial charge >= 0.3 is 18.9 Å². The Balaban J connectivity index is 0.000000136. The fourth-order valence-electron chi connectivity index (χ4n) is 12.6. The Kier molecular flexibility index (Phi) is 22.9. The summed E-state index contributed by atoms with van der Waals surface area (Å²) in [6, 6.07) is 86.1. The van der Waals surface area contributed by atoms with Gasteiger partial charge in [0.1, 0.15) is 5.60 Å². The number of carboxylic acid groups (broad SMARTS) is 1. The van der Waals surface area contributed by atoms with E-state index in [2.05, 4.69) is 236 Å². The van der Waals surface area contributed by atoms with E-state index in [-0.39, 0.29) is 42.5 Å². The molecule has 446 valence electrons. The molecule has 1 aliphatic heterocycles. The topological polar surface area (TPSA) is 83.8 Å². The van der Waals surface area contributed by atoms with Crippen molar-refractivity contribution >= 4 is 127 Å². The number of ketones is 1. The number of carboxylic acids is 1. The van der Waals surface area contributed by atoms with Crippen molar-refractivity contribution in [1.82, 2.24) is 0 Å². The van der Waals surface area contributed by atoms with E-state index < -0.39 is 11.6 Å². The number of carbonyl (C=O) groups excluding carboxylic acids is 1. The van der Waals surface area contributed by atoms with Crippen molar-refractivity contribution < 1.29 is 43.4 Å². The largest absolute Gasteiger partial charge is 1.00 e. The molecule has 0 amide bonds. The van der Waals surface area contributed by atoms with Crippen LogP contribution in [0.15, 0.2) is 262 Å². The molecule has 5 nitrogen and oxygen atoms in total. The summed E-state index contributed by atoms with van der Waals surface area (Å²) >= 11 is 13.0. The third-order valence-electron chi connectivity index (χ3n) is 16.5. The Morgan fingerprint density at radius 3 is 1.43 bits per heavy atom. The molecule has 0 saturated carbocycles. The van der Waals surface area contributed by atoms with E-state index in [0.717, 1.165) is 101 Å². The summed E-state index contributed by atoms with van der Waals surface area (Å²) in [5.41, 5.74) is 15.9. The summed E-state index contributed by atoms with van der Waals surface area (Å²) in [5.74, 6) is -0.707. The predicted molar refractivity (Wildman–Crippen MR) is 389 cm³/mol. The summed E-state index contributed by atoms with van der Waals surface area (Å²) in [5, 5.41) is 27.1. The van der Waals surface area contributed by atoms with Gasteiger partial charge < -0.3 is 21.9 Å². The molecule has 1 atom stereocenters. The van der Waals surface area contributed by atoms with Crippen molar-refractivity contribution in [1.29, 1.82) is 0 Å². The van der Waals surface area contributed by atoms with E-state index in [1.54, 1.807) is 0 Å². The van der Waals surface area contributed by atoms with Crippen LogP contribution in [0.5, 0.6) is 0 Å². The van der Waals surface area contributed by atoms with Crippen molar-refractivity contribution in [2.45, 2.75) is 50.5 Å². The minimum absolute atomic E-state index is 0. The molecule has 12 aromatic carbocycles. The van der Waals surface area contributed by atoms with E-state index in [4.69, 9.17) is 14.6 Å². The first-order valence-corrected chi connectivity index (χ1v) is 32.9. The second-order valence-electron chi connectivity index (χ2n) is 21.9. The second-order valence-corrected chi connectivity index (χ2v) is 25.8. The fraction of sp³-hybridized carbons (Fsp3) is 0.127. The normalized spacial score (nSPS) is 14.4. The van der Waals surface area contributed by atoms with E-state index in [1.165, 1.54) is 77.8 Å². The quantitative estimate of drug-likeness (QED) is 0.102. The van der Waals surface area contributed by atoms with Gasteiger partial charge in [-0.05, 0) is 166 Å². The van der Waals surface area contributed by atoms with Crippen molar-refractivity contribution in [2.75, 3.05) is 13.2 Å². The molecular formula is C79H64Br3ClILiO5. The molecule has 0 aromatic heterocycles. The molecule has 0 radical (unpaired) electrons. The Morgan fingerprint density at radius 1 is 0.478 bits per heavy atom. The smallest absolute Gasteiger partial charge is 0.481 e. The molecule has 11 heteroatoms. The number of hydrogen-bond acceptors (Lipinski definition) is 4. The number of ether oxygens (including phenoxy) is 1. The molecular weight excluding hydrogens is 1440 g/mol. The van der Waals surface area contributed by atoms with Crippen LogP contribution in [0.2, 0.25) is 0 Å². The fourth-order valence-corrected chi connectivity index (χ4v) is 14.4. The second kappa shape index (κ2) is 30.3. The molecule has 1 unspecified atom stereocenters. The van der Waals surface area contributed by atoms with Crippen molar-refractivity contribution in [3.05, 3.63) is 323 Å². The zero-order valence-electron chi connectivity index (χ0n) is 50.2. The molecule has 2 N–H and O–H groups in total. The number of rotatable bonds is 2. The molecule has 1 spiro atoms. The molecule has 17 rings (SSSR count). The summed E-state index contributed by atoms with van der Waals surface area (Å²) in [6.07, 6.45) is 4.83. The van der Waals surface area contributed by atoms with Gasteiger partial charge in [-0.15, -0.1) is 12.4 Å². The van der Waals surface area contributed by atoms with Crippen LogP contribution < -0.4 is 18.9 Å². The van der Waals surface area contributed by atoms with Crippen molar-refractivity contribution in [3.63, 3.8) is 0 Å². The summed E-state index contributed by atoms with van der Waals surface area (Å²) in [7, 11) is 0. The molecule has 4 aliphatic carbocycles. The Hall–Kier alpha value is -6.46. The zero-order valence-corrected chi connectivity index (χ0v) is 57.9. The van der Waals surface area contributed by atoms with Gasteiger partial charge in [0.15, 0.2) is 5.78 Å². The first-order chi connectivity index (χ1) is 42.8. The van der Waals surface area contributed by atoms with Gasteiger partial charge in [-0.2, -0.15) is 6.42 Å². The number of hydrogen-bond donors (Lipinski definition) is 2. The molecule has 12 aromatic rings. The van der Waals surface area contributed by atoms with Gasteiger partial charge in [0.25, 0.3) is 5.97 Å². The van der Waals surface area contributed by atoms with Crippen LogP contribution in [-0.4, -0.2) is 35.2 Å². The minimum atomic E-state index is -1.16. The van der Waals surface area contributed by atoms with E-state index in [0.29, 0.717) is 0 Å². The van der Waals surface area contributed by atoms with Crippen LogP contribution in [-0.2, 0) is 20.5 Å². The van der Waals surface area contributed by atoms with Crippen LogP contribution in [0.3, 0.4) is 0 Å². The first-order valence-electron chi connectivity index (χ1n) is 29.5. The molecule has 1 fully saturated rings. The summed E-state index contributed by atoms with van der Waals surface area (Å²) in [4.78, 5) is 21.0. The maximum absolute atomic E-state index is 12.1. The monoisotopic (exact) mass is 1500 g/mol. The Morgan fingerprint density at radius 2 is 0.867 bits per heavy atom. The van der Waals surface area contributed by atoms with Gasteiger partial charge in [-0.25, -0.2) is 0 Å². The third-order valence-corrected chi connectivity index (χ3v) is 18.9. The standard InChI is InChI=1S/C23H15BrO.C23H13Br.C13H7BrO.C10H7I.C4H8O.C4H9.C2H4O2.ClH.Li/c24-16-12-13-19-18-9-3-4-10-21(18)23(25,22(19)14-16)20-11-5-7-15-6-1-2-8-17(15)20;24-15-11-12-17-16-7-1-2-8-18(16)23(21(17)13-15)19-9-3-5-14-6-4-10-20(23)22(14)19;14-8-5-6-10-9-3-1-2-4-11(9)13(15)12(10)7-8;11-10-7-3-5-8-4-1-2-6-9(8)10;1-2-4-5-3-1;1-3-4-2;1-2(3)4;;/h1-14,25H;1-13H;1-7H;1-7H;1-4H2;1,3-4H2,2H3;1H3,(H,3,4);1H;/q;;;;;-1;;;+1. The molecule has 5 aliphatic rings. The number of halogens is 5. The zero-order chi connectivity index (χ0) is 61.5. The number of carbonyl (C=O) groups is 2. The van der Waals surface area contributed by atoms with Crippen LogP contribution >= 0.6 is 82.8 Å².